The van der Waals surface area contributed by atoms with Crippen molar-refractivity contribution >= 4 is 26.4 Å². The third kappa shape index (κ3) is 6.06. The highest BCUT2D eigenvalue weighted by molar-refractivity contribution is 9.18. The van der Waals surface area contributed by atoms with Gasteiger partial charge in [0.05, 0.1) is 24.2 Å². The highest BCUT2D eigenvalue weighted by Gasteiger charge is 2.34. The predicted molar refractivity (Wildman–Crippen MR) is 86.1 cm³/mol. The zero-order valence-electron chi connectivity index (χ0n) is 12.9. The SMILES string of the molecule is OCc1nc(N/N=C(\Br)C(F)(F)F)cnc1-c1ccc(OC(F)(F)F)cc1. The number of hydrogen-bond donors (Lipinski definition) is 2. The Morgan fingerprint density at radius 2 is 1.78 bits per heavy atom. The van der Waals surface area contributed by atoms with Crippen molar-refractivity contribution < 1.29 is 36.2 Å². The van der Waals surface area contributed by atoms with E-state index in [4.69, 9.17) is 0 Å². The van der Waals surface area contributed by atoms with Gasteiger partial charge in [-0.15, -0.1) is 13.2 Å². The molecule has 0 fully saturated rings. The molecule has 0 spiro atoms. The molecule has 27 heavy (non-hydrogen) atoms. The second-order valence-electron chi connectivity index (χ2n) is 4.79. The van der Waals surface area contributed by atoms with Gasteiger partial charge < -0.3 is 9.84 Å². The molecule has 0 bridgehead atoms. The van der Waals surface area contributed by atoms with E-state index >= 15 is 0 Å². The molecule has 0 atom stereocenters. The number of rotatable bonds is 5. The third-order valence-corrected chi connectivity index (χ3v) is 3.49. The van der Waals surface area contributed by atoms with Crippen molar-refractivity contribution in [3.05, 3.63) is 36.2 Å². The maximum atomic E-state index is 12.3. The molecule has 1 heterocycles. The number of hydrogen-bond acceptors (Lipinski definition) is 6. The lowest BCUT2D eigenvalue weighted by Gasteiger charge is -2.11. The first-order valence-electron chi connectivity index (χ1n) is 6.89. The van der Waals surface area contributed by atoms with Crippen LogP contribution in [0.15, 0.2) is 35.6 Å². The summed E-state index contributed by atoms with van der Waals surface area (Å²) in [5.74, 6) is -0.629. The summed E-state index contributed by atoms with van der Waals surface area (Å²) in [4.78, 5) is 7.82. The Hall–Kier alpha value is -2.41. The molecule has 0 saturated carbocycles. The zero-order chi connectivity index (χ0) is 20.2. The Labute approximate surface area is 156 Å². The van der Waals surface area contributed by atoms with E-state index in [1.165, 1.54) is 12.1 Å². The topological polar surface area (TPSA) is 79.6 Å². The number of anilines is 1. The number of nitrogens with zero attached hydrogens (tertiary/aromatic N) is 3. The molecule has 146 valence electrons. The van der Waals surface area contributed by atoms with Gasteiger partial charge in [-0.05, 0) is 40.2 Å². The molecule has 6 nitrogen and oxygen atoms in total. The molecule has 0 unspecified atom stereocenters. The molecule has 2 rings (SSSR count). The van der Waals surface area contributed by atoms with Crippen molar-refractivity contribution in [1.82, 2.24) is 9.97 Å². The maximum Gasteiger partial charge on any atom is 0.573 e. The Balaban J connectivity index is 2.23. The molecule has 2 aromatic rings. The minimum atomic E-state index is -4.84. The van der Waals surface area contributed by atoms with E-state index in [0.717, 1.165) is 18.3 Å². The first-order chi connectivity index (χ1) is 12.5. The van der Waals surface area contributed by atoms with Crippen LogP contribution >= 0.6 is 15.9 Å². The molecule has 0 aliphatic carbocycles. The molecule has 0 radical (unpaired) electrons. The van der Waals surface area contributed by atoms with Gasteiger partial charge in [0.25, 0.3) is 0 Å². The van der Waals surface area contributed by atoms with E-state index in [0.29, 0.717) is 5.56 Å². The van der Waals surface area contributed by atoms with Crippen LogP contribution in [0.5, 0.6) is 5.75 Å². The highest BCUT2D eigenvalue weighted by Crippen LogP contribution is 2.27. The number of benzene rings is 1. The minimum Gasteiger partial charge on any atom is -0.406 e. The summed E-state index contributed by atoms with van der Waals surface area (Å²) in [5, 5.41) is 12.4. The fraction of sp³-hybridized carbons (Fsp3) is 0.214. The molecular formula is C14H9BrF6N4O2. The average molecular weight is 459 g/mol. The largest absolute Gasteiger partial charge is 0.573 e. The molecular weight excluding hydrogens is 450 g/mol. The van der Waals surface area contributed by atoms with Crippen LogP contribution in [0.25, 0.3) is 11.3 Å². The summed E-state index contributed by atoms with van der Waals surface area (Å²) >= 11 is 2.24. The standard InChI is InChI=1S/C14H9BrF6N4O2/c15-12(13(16,17)18)25-24-10-5-22-11(9(6-26)23-10)7-1-3-8(4-2-7)27-14(19,20)21/h1-5,26H,6H2,(H,23,24)/b25-12-. The summed E-state index contributed by atoms with van der Waals surface area (Å²) in [6.45, 7) is -0.622. The Morgan fingerprint density at radius 1 is 1.15 bits per heavy atom. The molecule has 0 aliphatic heterocycles. The fourth-order valence-electron chi connectivity index (χ4n) is 1.82. The lowest BCUT2D eigenvalue weighted by atomic mass is 10.1. The normalized spacial score (nSPS) is 12.8. The van der Waals surface area contributed by atoms with E-state index in [-0.39, 0.29) is 17.2 Å². The molecule has 0 amide bonds. The van der Waals surface area contributed by atoms with Crippen molar-refractivity contribution in [3.63, 3.8) is 0 Å². The summed E-state index contributed by atoms with van der Waals surface area (Å²) in [6.07, 6.45) is -8.48. The number of ether oxygens (including phenoxy) is 1. The van der Waals surface area contributed by atoms with Gasteiger partial charge >= 0.3 is 12.5 Å². The quantitative estimate of drug-likeness (QED) is 0.398. The summed E-state index contributed by atoms with van der Waals surface area (Å²) in [5.41, 5.74) is 2.44. The van der Waals surface area contributed by atoms with E-state index in [1.807, 2.05) is 5.43 Å². The van der Waals surface area contributed by atoms with Crippen molar-refractivity contribution in [3.8, 4) is 17.0 Å². The van der Waals surface area contributed by atoms with Crippen LogP contribution in [0, 0.1) is 0 Å². The van der Waals surface area contributed by atoms with E-state index < -0.39 is 29.5 Å². The Bertz CT molecular complexity index is 824. The molecule has 1 aromatic heterocycles. The van der Waals surface area contributed by atoms with Crippen LogP contribution in [-0.4, -0.2) is 32.2 Å². The number of halogens is 7. The third-order valence-electron chi connectivity index (χ3n) is 2.86. The van der Waals surface area contributed by atoms with Crippen LogP contribution in [0.3, 0.4) is 0 Å². The molecule has 1 aromatic carbocycles. The van der Waals surface area contributed by atoms with Crippen LogP contribution in [0.1, 0.15) is 5.69 Å². The maximum absolute atomic E-state index is 12.3. The molecule has 0 saturated heterocycles. The van der Waals surface area contributed by atoms with Gasteiger partial charge in [0.1, 0.15) is 5.75 Å². The van der Waals surface area contributed by atoms with Crippen LogP contribution < -0.4 is 10.2 Å². The van der Waals surface area contributed by atoms with Crippen molar-refractivity contribution in [1.29, 1.82) is 0 Å². The van der Waals surface area contributed by atoms with Crippen LogP contribution in [0.4, 0.5) is 32.2 Å². The molecule has 2 N–H and O–H groups in total. The fourth-order valence-corrected chi connectivity index (χ4v) is 1.91. The number of aliphatic hydroxyl groups excluding tert-OH is 1. The van der Waals surface area contributed by atoms with Crippen molar-refractivity contribution in [2.24, 2.45) is 5.10 Å². The second kappa shape index (κ2) is 8.08. The van der Waals surface area contributed by atoms with Crippen molar-refractivity contribution in [2.75, 3.05) is 5.43 Å². The summed E-state index contributed by atoms with van der Waals surface area (Å²) in [6, 6.07) is 4.61. The number of alkyl halides is 6. The minimum absolute atomic E-state index is 0.0252. The van der Waals surface area contributed by atoms with Gasteiger partial charge in [0.2, 0.25) is 4.62 Å². The summed E-state index contributed by atoms with van der Waals surface area (Å²) < 4.78 is 75.9. The van der Waals surface area contributed by atoms with E-state index in [2.05, 4.69) is 35.7 Å². The monoisotopic (exact) mass is 458 g/mol. The second-order valence-corrected chi connectivity index (χ2v) is 5.54. The summed E-state index contributed by atoms with van der Waals surface area (Å²) in [7, 11) is 0. The van der Waals surface area contributed by atoms with E-state index in [9.17, 15) is 31.4 Å². The Morgan fingerprint density at radius 3 is 2.30 bits per heavy atom. The number of hydrazone groups is 1. The van der Waals surface area contributed by atoms with Gasteiger partial charge in [-0.2, -0.15) is 18.3 Å². The van der Waals surface area contributed by atoms with E-state index in [1.54, 1.807) is 0 Å². The van der Waals surface area contributed by atoms with Gasteiger partial charge in [-0.3, -0.25) is 10.4 Å². The van der Waals surface area contributed by atoms with Crippen LogP contribution in [0.2, 0.25) is 0 Å². The predicted octanol–water partition coefficient (Wildman–Crippen LogP) is 4.22. The first kappa shape index (κ1) is 20.9. The molecule has 13 heteroatoms. The van der Waals surface area contributed by atoms with Gasteiger partial charge in [0, 0.05) is 5.56 Å². The first-order valence-corrected chi connectivity index (χ1v) is 7.68. The Kier molecular flexibility index (Phi) is 6.26. The zero-order valence-corrected chi connectivity index (χ0v) is 14.5. The molecule has 0 aliphatic rings. The van der Waals surface area contributed by atoms with Gasteiger partial charge in [0.15, 0.2) is 5.82 Å². The van der Waals surface area contributed by atoms with Crippen LogP contribution in [-0.2, 0) is 6.61 Å². The smallest absolute Gasteiger partial charge is 0.406 e. The highest BCUT2D eigenvalue weighted by atomic mass is 79.9. The number of aromatic nitrogens is 2. The lowest BCUT2D eigenvalue weighted by Crippen LogP contribution is -2.18. The average Bonchev–Trinajstić information content (AvgIpc) is 2.58. The number of nitrogens with one attached hydrogen (secondary N) is 1. The van der Waals surface area contributed by atoms with Crippen molar-refractivity contribution in [2.45, 2.75) is 19.1 Å². The number of aliphatic hydroxyl groups is 1. The van der Waals surface area contributed by atoms with Gasteiger partial charge in [-0.1, -0.05) is 0 Å². The van der Waals surface area contributed by atoms with Gasteiger partial charge in [-0.25, -0.2) is 4.98 Å². The lowest BCUT2D eigenvalue weighted by molar-refractivity contribution is -0.274.